The lowest BCUT2D eigenvalue weighted by molar-refractivity contribution is -0.117. The summed E-state index contributed by atoms with van der Waals surface area (Å²) in [5.74, 6) is -0.606. The van der Waals surface area contributed by atoms with Gasteiger partial charge >= 0.3 is 0 Å². The molecule has 0 saturated heterocycles. The van der Waals surface area contributed by atoms with Crippen LogP contribution in [0.4, 0.5) is 4.39 Å². The number of aryl methyl sites for hydroxylation is 1. The Labute approximate surface area is 88.5 Å². The van der Waals surface area contributed by atoms with Crippen molar-refractivity contribution in [3.63, 3.8) is 0 Å². The van der Waals surface area contributed by atoms with E-state index in [0.717, 1.165) is 11.1 Å². The molecule has 0 fully saturated rings. The molecule has 0 heterocycles. The summed E-state index contributed by atoms with van der Waals surface area (Å²) in [5.41, 5.74) is 6.78. The molecule has 0 unspecified atom stereocenters. The number of halogens is 1. The predicted octanol–water partition coefficient (Wildman–Crippen LogP) is 0.752. The molecule has 0 saturated carbocycles. The highest BCUT2D eigenvalue weighted by molar-refractivity contribution is 5.75. The van der Waals surface area contributed by atoms with Crippen LogP contribution in [0.5, 0.6) is 0 Å². The third kappa shape index (κ3) is 4.56. The number of amides is 1. The van der Waals surface area contributed by atoms with Crippen LogP contribution in [0, 0.1) is 12.7 Å². The van der Waals surface area contributed by atoms with Gasteiger partial charge in [-0.25, -0.2) is 4.39 Å². The fourth-order valence-corrected chi connectivity index (χ4v) is 1.40. The van der Waals surface area contributed by atoms with Gasteiger partial charge in [-0.15, -0.1) is 0 Å². The van der Waals surface area contributed by atoms with E-state index in [9.17, 15) is 9.18 Å². The molecule has 15 heavy (non-hydrogen) atoms. The molecule has 0 aliphatic heterocycles. The highest BCUT2D eigenvalue weighted by Gasteiger charge is 1.98. The Hall–Kier alpha value is -1.42. The van der Waals surface area contributed by atoms with Crippen molar-refractivity contribution in [1.29, 1.82) is 0 Å². The van der Waals surface area contributed by atoms with E-state index < -0.39 is 0 Å². The normalized spacial score (nSPS) is 10.3. The molecule has 0 bridgehead atoms. The maximum Gasteiger partial charge on any atom is 0.231 e. The first kappa shape index (κ1) is 11.7. The van der Waals surface area contributed by atoms with Gasteiger partial charge in [0.25, 0.3) is 0 Å². The van der Waals surface area contributed by atoms with Crippen molar-refractivity contribution in [1.82, 2.24) is 5.32 Å². The molecule has 1 aromatic rings. The predicted molar refractivity (Wildman–Crippen MR) is 56.9 cm³/mol. The van der Waals surface area contributed by atoms with Crippen LogP contribution in [0.3, 0.4) is 0 Å². The summed E-state index contributed by atoms with van der Waals surface area (Å²) >= 11 is 0. The van der Waals surface area contributed by atoms with Crippen LogP contribution in [-0.2, 0) is 11.2 Å². The quantitative estimate of drug-likeness (QED) is 0.705. The van der Waals surface area contributed by atoms with E-state index in [4.69, 9.17) is 5.73 Å². The lowest BCUT2D eigenvalue weighted by Crippen LogP contribution is -2.29. The SMILES string of the molecule is Cc1cc(F)cc(CCNCC(N)=O)c1. The zero-order valence-corrected chi connectivity index (χ0v) is 8.72. The van der Waals surface area contributed by atoms with Crippen LogP contribution in [0.15, 0.2) is 18.2 Å². The second-order valence-corrected chi connectivity index (χ2v) is 3.53. The molecular formula is C11H15FN2O. The third-order valence-corrected chi connectivity index (χ3v) is 1.99. The first-order valence-electron chi connectivity index (χ1n) is 4.83. The maximum absolute atomic E-state index is 13.0. The topological polar surface area (TPSA) is 55.1 Å². The van der Waals surface area contributed by atoms with Gasteiger partial charge in [-0.2, -0.15) is 0 Å². The summed E-state index contributed by atoms with van der Waals surface area (Å²) < 4.78 is 13.0. The Bertz CT molecular complexity index is 332. The fourth-order valence-electron chi connectivity index (χ4n) is 1.40. The van der Waals surface area contributed by atoms with E-state index >= 15 is 0 Å². The van der Waals surface area contributed by atoms with Gasteiger partial charge in [0, 0.05) is 0 Å². The van der Waals surface area contributed by atoms with Crippen molar-refractivity contribution < 1.29 is 9.18 Å². The first-order chi connectivity index (χ1) is 7.08. The summed E-state index contributed by atoms with van der Waals surface area (Å²) in [7, 11) is 0. The molecule has 1 aromatic carbocycles. The molecular weight excluding hydrogens is 195 g/mol. The minimum atomic E-state index is -0.384. The number of carbonyl (C=O) groups excluding carboxylic acids is 1. The Morgan fingerprint density at radius 1 is 1.47 bits per heavy atom. The lowest BCUT2D eigenvalue weighted by atomic mass is 10.1. The van der Waals surface area contributed by atoms with Crippen LogP contribution in [0.1, 0.15) is 11.1 Å². The van der Waals surface area contributed by atoms with Crippen LogP contribution in [0.25, 0.3) is 0 Å². The van der Waals surface area contributed by atoms with E-state index in [1.807, 2.05) is 13.0 Å². The van der Waals surface area contributed by atoms with Crippen molar-refractivity contribution in [3.05, 3.63) is 35.1 Å². The largest absolute Gasteiger partial charge is 0.369 e. The van der Waals surface area contributed by atoms with Gasteiger partial charge < -0.3 is 11.1 Å². The van der Waals surface area contributed by atoms with E-state index in [2.05, 4.69) is 5.32 Å². The zero-order chi connectivity index (χ0) is 11.3. The number of hydrogen-bond donors (Lipinski definition) is 2. The first-order valence-corrected chi connectivity index (χ1v) is 4.83. The lowest BCUT2D eigenvalue weighted by Gasteiger charge is -2.04. The highest BCUT2D eigenvalue weighted by Crippen LogP contribution is 2.08. The maximum atomic E-state index is 13.0. The molecule has 3 nitrogen and oxygen atoms in total. The van der Waals surface area contributed by atoms with Crippen LogP contribution < -0.4 is 11.1 Å². The van der Waals surface area contributed by atoms with Crippen LogP contribution in [-0.4, -0.2) is 19.0 Å². The standard InChI is InChI=1S/C11H15FN2O/c1-8-4-9(6-10(12)5-8)2-3-14-7-11(13)15/h4-6,14H,2-3,7H2,1H3,(H2,13,15). The summed E-state index contributed by atoms with van der Waals surface area (Å²) in [4.78, 5) is 10.4. The van der Waals surface area contributed by atoms with Gasteiger partial charge in [-0.3, -0.25) is 4.79 Å². The number of rotatable bonds is 5. The van der Waals surface area contributed by atoms with Crippen molar-refractivity contribution in [2.45, 2.75) is 13.3 Å². The number of carbonyl (C=O) groups is 1. The van der Waals surface area contributed by atoms with Crippen molar-refractivity contribution in [2.24, 2.45) is 5.73 Å². The fraction of sp³-hybridized carbons (Fsp3) is 0.364. The molecule has 0 aliphatic rings. The number of nitrogens with one attached hydrogen (secondary N) is 1. The molecule has 3 N–H and O–H groups in total. The van der Waals surface area contributed by atoms with Crippen molar-refractivity contribution >= 4 is 5.91 Å². The van der Waals surface area contributed by atoms with E-state index in [1.54, 1.807) is 0 Å². The molecule has 0 aromatic heterocycles. The number of benzene rings is 1. The average Bonchev–Trinajstić information content (AvgIpc) is 2.10. The molecule has 0 aliphatic carbocycles. The van der Waals surface area contributed by atoms with Gasteiger partial charge in [0.05, 0.1) is 6.54 Å². The van der Waals surface area contributed by atoms with Crippen molar-refractivity contribution in [3.8, 4) is 0 Å². The summed E-state index contributed by atoms with van der Waals surface area (Å²) in [5, 5.41) is 2.88. The summed E-state index contributed by atoms with van der Waals surface area (Å²) in [6.45, 7) is 2.63. The molecule has 0 radical (unpaired) electrons. The van der Waals surface area contributed by atoms with Gasteiger partial charge in [0.15, 0.2) is 0 Å². The molecule has 4 heteroatoms. The molecule has 0 atom stereocenters. The van der Waals surface area contributed by atoms with E-state index in [1.165, 1.54) is 12.1 Å². The van der Waals surface area contributed by atoms with Gasteiger partial charge in [-0.05, 0) is 43.1 Å². The number of primary amides is 1. The second-order valence-electron chi connectivity index (χ2n) is 3.53. The van der Waals surface area contributed by atoms with E-state index in [-0.39, 0.29) is 18.3 Å². The number of nitrogens with two attached hydrogens (primary N) is 1. The summed E-state index contributed by atoms with van der Waals surface area (Å²) in [6.07, 6.45) is 0.686. The Kier molecular flexibility index (Phi) is 4.24. The molecule has 0 spiro atoms. The molecule has 1 rings (SSSR count). The number of hydrogen-bond acceptors (Lipinski definition) is 2. The average molecular weight is 210 g/mol. The van der Waals surface area contributed by atoms with Crippen LogP contribution >= 0.6 is 0 Å². The summed E-state index contributed by atoms with van der Waals surface area (Å²) in [6, 6.07) is 4.91. The zero-order valence-electron chi connectivity index (χ0n) is 8.72. The highest BCUT2D eigenvalue weighted by atomic mass is 19.1. The van der Waals surface area contributed by atoms with E-state index in [0.29, 0.717) is 13.0 Å². The monoisotopic (exact) mass is 210 g/mol. The Morgan fingerprint density at radius 2 is 2.20 bits per heavy atom. The second kappa shape index (κ2) is 5.46. The van der Waals surface area contributed by atoms with Gasteiger partial charge in [0.2, 0.25) is 5.91 Å². The van der Waals surface area contributed by atoms with Gasteiger partial charge in [0.1, 0.15) is 5.82 Å². The molecule has 1 amide bonds. The Morgan fingerprint density at radius 3 is 2.80 bits per heavy atom. The van der Waals surface area contributed by atoms with Gasteiger partial charge in [-0.1, -0.05) is 6.07 Å². The Balaban J connectivity index is 2.40. The third-order valence-electron chi connectivity index (χ3n) is 1.99. The smallest absolute Gasteiger partial charge is 0.231 e. The van der Waals surface area contributed by atoms with Crippen molar-refractivity contribution in [2.75, 3.05) is 13.1 Å². The van der Waals surface area contributed by atoms with Crippen LogP contribution in [0.2, 0.25) is 0 Å². The minimum absolute atomic E-state index is 0.161. The molecule has 82 valence electrons. The minimum Gasteiger partial charge on any atom is -0.369 e.